The number of hydrogen-bond donors (Lipinski definition) is 2. The van der Waals surface area contributed by atoms with E-state index in [9.17, 15) is 10.2 Å². The molecular weight excluding hydrogens is 304 g/mol. The van der Waals surface area contributed by atoms with E-state index in [-0.39, 0.29) is 35.7 Å². The van der Waals surface area contributed by atoms with Crippen molar-refractivity contribution in [3.8, 4) is 0 Å². The van der Waals surface area contributed by atoms with Crippen LogP contribution in [0.15, 0.2) is 12.2 Å². The van der Waals surface area contributed by atoms with Crippen LogP contribution in [0.2, 0.25) is 0 Å². The van der Waals surface area contributed by atoms with Crippen LogP contribution < -0.4 is 0 Å². The van der Waals surface area contributed by atoms with Crippen molar-refractivity contribution < 1.29 is 19.7 Å². The van der Waals surface area contributed by atoms with Gasteiger partial charge in [-0.05, 0) is 57.8 Å². The first-order valence-corrected chi connectivity index (χ1v) is 9.52. The third-order valence-corrected chi connectivity index (χ3v) is 7.55. The van der Waals surface area contributed by atoms with E-state index in [0.29, 0.717) is 0 Å². The van der Waals surface area contributed by atoms with Gasteiger partial charge >= 0.3 is 0 Å². The molecule has 4 rings (SSSR count). The van der Waals surface area contributed by atoms with Gasteiger partial charge in [0.05, 0.1) is 24.4 Å². The Kier molecular flexibility index (Phi) is 3.59. The van der Waals surface area contributed by atoms with Crippen molar-refractivity contribution in [2.75, 3.05) is 6.61 Å². The Bertz CT molecular complexity index is 552. The summed E-state index contributed by atoms with van der Waals surface area (Å²) in [5.41, 5.74) is -0.100. The SMILES string of the molecule is C=C1CC[C@H]2O[C@]2(CO)C[C@H]2O[C@@]23[C@H](C(C)(C)O)CC[C@@]3(C)CC1. The average molecular weight is 336 g/mol. The van der Waals surface area contributed by atoms with Crippen molar-refractivity contribution >= 4 is 0 Å². The molecule has 1 spiro atoms. The minimum atomic E-state index is -0.750. The number of aliphatic hydroxyl groups is 2. The molecule has 0 bridgehead atoms. The van der Waals surface area contributed by atoms with Gasteiger partial charge in [0.2, 0.25) is 0 Å². The summed E-state index contributed by atoms with van der Waals surface area (Å²) >= 11 is 0. The molecule has 0 aromatic heterocycles. The summed E-state index contributed by atoms with van der Waals surface area (Å²) in [7, 11) is 0. The van der Waals surface area contributed by atoms with Crippen LogP contribution in [0.4, 0.5) is 0 Å². The molecule has 2 saturated heterocycles. The van der Waals surface area contributed by atoms with E-state index >= 15 is 0 Å². The number of epoxide rings is 2. The normalized spacial score (nSPS) is 51.2. The second-order valence-corrected chi connectivity index (χ2v) is 9.53. The Labute approximate surface area is 145 Å². The van der Waals surface area contributed by atoms with Crippen molar-refractivity contribution in [2.24, 2.45) is 11.3 Å². The summed E-state index contributed by atoms with van der Waals surface area (Å²) in [5, 5.41) is 20.7. The molecule has 0 unspecified atom stereocenters. The van der Waals surface area contributed by atoms with Crippen LogP contribution in [-0.4, -0.2) is 45.8 Å². The smallest absolute Gasteiger partial charge is 0.120 e. The molecule has 2 saturated carbocycles. The van der Waals surface area contributed by atoms with Crippen LogP contribution in [0.3, 0.4) is 0 Å². The highest BCUT2D eigenvalue weighted by Gasteiger charge is 2.77. The minimum absolute atomic E-state index is 0.0595. The van der Waals surface area contributed by atoms with Gasteiger partial charge in [0.15, 0.2) is 0 Å². The average Bonchev–Trinajstić information content (AvgIpc) is 3.35. The Morgan fingerprint density at radius 2 is 1.92 bits per heavy atom. The van der Waals surface area contributed by atoms with Crippen LogP contribution in [0.5, 0.6) is 0 Å². The molecule has 4 fully saturated rings. The minimum Gasteiger partial charge on any atom is -0.393 e. The highest BCUT2D eigenvalue weighted by molar-refractivity contribution is 5.25. The summed E-state index contributed by atoms with van der Waals surface area (Å²) < 4.78 is 12.4. The Morgan fingerprint density at radius 3 is 2.58 bits per heavy atom. The molecule has 4 aliphatic rings. The lowest BCUT2D eigenvalue weighted by molar-refractivity contribution is -0.0299. The van der Waals surface area contributed by atoms with Crippen molar-refractivity contribution in [1.82, 2.24) is 0 Å². The Morgan fingerprint density at radius 1 is 1.17 bits per heavy atom. The lowest BCUT2D eigenvalue weighted by Gasteiger charge is -2.37. The van der Waals surface area contributed by atoms with Crippen LogP contribution in [0.25, 0.3) is 0 Å². The Balaban J connectivity index is 1.68. The van der Waals surface area contributed by atoms with Gasteiger partial charge in [-0.1, -0.05) is 19.1 Å². The van der Waals surface area contributed by atoms with Crippen molar-refractivity contribution in [1.29, 1.82) is 0 Å². The summed E-state index contributed by atoms with van der Waals surface area (Å²) in [4.78, 5) is 0. The molecule has 0 amide bonds. The fourth-order valence-electron chi connectivity index (χ4n) is 5.90. The van der Waals surface area contributed by atoms with E-state index in [1.54, 1.807) is 0 Å². The van der Waals surface area contributed by atoms with Gasteiger partial charge in [-0.15, -0.1) is 0 Å². The molecule has 0 aromatic carbocycles. The van der Waals surface area contributed by atoms with Gasteiger partial charge < -0.3 is 19.7 Å². The molecule has 0 aromatic rings. The second-order valence-electron chi connectivity index (χ2n) is 9.53. The predicted molar refractivity (Wildman–Crippen MR) is 91.6 cm³/mol. The van der Waals surface area contributed by atoms with E-state index in [4.69, 9.17) is 9.47 Å². The first kappa shape index (κ1) is 17.0. The lowest BCUT2D eigenvalue weighted by atomic mass is 9.67. The summed E-state index contributed by atoms with van der Waals surface area (Å²) in [6.45, 7) is 10.5. The number of aliphatic hydroxyl groups excluding tert-OH is 1. The molecule has 136 valence electrons. The van der Waals surface area contributed by atoms with Gasteiger partial charge in [-0.2, -0.15) is 0 Å². The zero-order valence-corrected chi connectivity index (χ0v) is 15.3. The number of fused-ring (bicyclic) bond motifs is 1. The number of rotatable bonds is 2. The van der Waals surface area contributed by atoms with Crippen molar-refractivity contribution in [3.63, 3.8) is 0 Å². The molecule has 2 heterocycles. The highest BCUT2D eigenvalue weighted by Crippen LogP contribution is 2.69. The fourth-order valence-corrected chi connectivity index (χ4v) is 5.90. The monoisotopic (exact) mass is 336 g/mol. The van der Waals surface area contributed by atoms with Crippen LogP contribution in [-0.2, 0) is 9.47 Å². The highest BCUT2D eigenvalue weighted by atomic mass is 16.6. The molecular formula is C20H32O4. The van der Waals surface area contributed by atoms with E-state index in [2.05, 4.69) is 13.5 Å². The summed E-state index contributed by atoms with van der Waals surface area (Å²) in [5.74, 6) is 0.141. The van der Waals surface area contributed by atoms with E-state index in [0.717, 1.165) is 44.9 Å². The van der Waals surface area contributed by atoms with Gasteiger partial charge in [-0.3, -0.25) is 0 Å². The number of hydrogen-bond acceptors (Lipinski definition) is 4. The quantitative estimate of drug-likeness (QED) is 0.601. The van der Waals surface area contributed by atoms with Crippen LogP contribution in [0.1, 0.15) is 65.7 Å². The van der Waals surface area contributed by atoms with Gasteiger partial charge in [0, 0.05) is 12.3 Å². The summed E-state index contributed by atoms with van der Waals surface area (Å²) in [6, 6.07) is 0. The van der Waals surface area contributed by atoms with Crippen LogP contribution in [0, 0.1) is 11.3 Å². The molecule has 2 aliphatic carbocycles. The van der Waals surface area contributed by atoms with E-state index in [1.807, 2.05) is 13.8 Å². The van der Waals surface area contributed by atoms with Gasteiger partial charge in [0.1, 0.15) is 11.2 Å². The van der Waals surface area contributed by atoms with Crippen molar-refractivity contribution in [3.05, 3.63) is 12.2 Å². The summed E-state index contributed by atoms with van der Waals surface area (Å²) in [6.07, 6.45) is 7.08. The third-order valence-electron chi connectivity index (χ3n) is 7.55. The molecule has 2 N–H and O–H groups in total. The largest absolute Gasteiger partial charge is 0.393 e. The second kappa shape index (κ2) is 5.06. The molecule has 4 heteroatoms. The zero-order chi connectivity index (χ0) is 17.4. The third kappa shape index (κ3) is 2.26. The molecule has 24 heavy (non-hydrogen) atoms. The maximum atomic E-state index is 10.8. The number of allylic oxidation sites excluding steroid dienone is 1. The first-order valence-electron chi connectivity index (χ1n) is 9.52. The molecule has 4 nitrogen and oxygen atoms in total. The van der Waals surface area contributed by atoms with Gasteiger partial charge in [0.25, 0.3) is 0 Å². The number of ether oxygens (including phenoxy) is 2. The van der Waals surface area contributed by atoms with E-state index < -0.39 is 11.2 Å². The maximum absolute atomic E-state index is 10.8. The molecule has 2 aliphatic heterocycles. The fraction of sp³-hybridized carbons (Fsp3) is 0.900. The Hall–Kier alpha value is -0.420. The topological polar surface area (TPSA) is 65.5 Å². The van der Waals surface area contributed by atoms with Gasteiger partial charge in [-0.25, -0.2) is 0 Å². The zero-order valence-electron chi connectivity index (χ0n) is 15.3. The first-order chi connectivity index (χ1) is 11.2. The molecule has 0 radical (unpaired) electrons. The predicted octanol–water partition coefficient (Wildman–Crippen LogP) is 2.96. The maximum Gasteiger partial charge on any atom is 0.120 e. The molecule has 6 atom stereocenters. The standard InChI is InChI=1S/C20H32O4/c1-13-5-6-15-19(12-21,23-15)11-16-20(24-16)14(17(2,3)22)8-10-18(20,4)9-7-13/h14-16,21-22H,1,5-12H2,2-4H3/t14-,15+,16+,18+,19-,20-/m0/s1. The van der Waals surface area contributed by atoms with Crippen LogP contribution >= 0.6 is 0 Å². The van der Waals surface area contributed by atoms with E-state index in [1.165, 1.54) is 5.57 Å². The van der Waals surface area contributed by atoms with Crippen molar-refractivity contribution in [2.45, 2.75) is 94.7 Å². The lowest BCUT2D eigenvalue weighted by Crippen LogP contribution is -2.46.